The van der Waals surface area contributed by atoms with Crippen LogP contribution in [0.3, 0.4) is 0 Å². The van der Waals surface area contributed by atoms with Crippen molar-refractivity contribution in [3.05, 3.63) is 27.8 Å². The third-order valence-electron chi connectivity index (χ3n) is 2.33. The molecule has 0 amide bonds. The molecule has 0 unspecified atom stereocenters. The fourth-order valence-corrected chi connectivity index (χ4v) is 1.71. The second-order valence-corrected chi connectivity index (χ2v) is 4.56. The first-order valence-corrected chi connectivity index (χ1v) is 5.33. The molecule has 0 saturated heterocycles. The first kappa shape index (κ1) is 8.35. The summed E-state index contributed by atoms with van der Waals surface area (Å²) in [6.07, 6.45) is 2.73. The predicted octanol–water partition coefficient (Wildman–Crippen LogP) is 2.89. The van der Waals surface area contributed by atoms with Gasteiger partial charge >= 0.3 is 0 Å². The highest BCUT2D eigenvalue weighted by Crippen LogP contribution is 2.30. The molecule has 1 nitrogen and oxygen atoms in total. The van der Waals surface area contributed by atoms with Crippen LogP contribution in [0.4, 0.5) is 5.69 Å². The zero-order valence-corrected chi connectivity index (χ0v) is 9.28. The summed E-state index contributed by atoms with van der Waals surface area (Å²) < 4.78 is 1.31. The highest BCUT2D eigenvalue weighted by atomic mass is 127. The van der Waals surface area contributed by atoms with E-state index in [-0.39, 0.29) is 0 Å². The maximum absolute atomic E-state index is 2.37. The minimum atomic E-state index is 0.810. The lowest BCUT2D eigenvalue weighted by Crippen LogP contribution is -2.18. The van der Waals surface area contributed by atoms with Crippen LogP contribution in [0.5, 0.6) is 0 Å². The Bertz CT molecular complexity index is 264. The summed E-state index contributed by atoms with van der Waals surface area (Å²) in [5, 5.41) is 0. The van der Waals surface area contributed by atoms with Crippen molar-refractivity contribution in [2.45, 2.75) is 18.9 Å². The zero-order chi connectivity index (χ0) is 8.55. The Balaban J connectivity index is 2.16. The van der Waals surface area contributed by atoms with E-state index in [2.05, 4.69) is 58.8 Å². The molecule has 1 aromatic carbocycles. The van der Waals surface area contributed by atoms with Gasteiger partial charge in [-0.2, -0.15) is 0 Å². The fraction of sp³-hybridized carbons (Fsp3) is 0.400. The molecule has 2 rings (SSSR count). The number of hydrogen-bond acceptors (Lipinski definition) is 1. The first-order valence-electron chi connectivity index (χ1n) is 4.26. The van der Waals surface area contributed by atoms with Gasteiger partial charge in [-0.15, -0.1) is 0 Å². The summed E-state index contributed by atoms with van der Waals surface area (Å²) in [7, 11) is 2.18. The van der Waals surface area contributed by atoms with E-state index in [1.54, 1.807) is 0 Å². The zero-order valence-electron chi connectivity index (χ0n) is 7.13. The van der Waals surface area contributed by atoms with Crippen LogP contribution in [0, 0.1) is 3.57 Å². The second-order valence-electron chi connectivity index (χ2n) is 3.32. The van der Waals surface area contributed by atoms with Crippen molar-refractivity contribution in [1.82, 2.24) is 0 Å². The quantitative estimate of drug-likeness (QED) is 0.749. The van der Waals surface area contributed by atoms with Crippen LogP contribution < -0.4 is 4.90 Å². The highest BCUT2D eigenvalue weighted by Gasteiger charge is 2.26. The average Bonchev–Trinajstić information content (AvgIpc) is 2.87. The van der Waals surface area contributed by atoms with Crippen LogP contribution in [-0.4, -0.2) is 13.1 Å². The number of nitrogens with zero attached hydrogens (tertiary/aromatic N) is 1. The van der Waals surface area contributed by atoms with Crippen molar-refractivity contribution >= 4 is 28.3 Å². The third kappa shape index (κ3) is 1.73. The Labute approximate surface area is 86.9 Å². The van der Waals surface area contributed by atoms with Crippen LogP contribution in [0.15, 0.2) is 24.3 Å². The number of hydrogen-bond donors (Lipinski definition) is 0. The van der Waals surface area contributed by atoms with Crippen molar-refractivity contribution in [1.29, 1.82) is 0 Å². The Morgan fingerprint density at radius 2 is 1.83 bits per heavy atom. The minimum absolute atomic E-state index is 0.810. The van der Waals surface area contributed by atoms with E-state index in [0.29, 0.717) is 0 Å². The standard InChI is InChI=1S/C10H12IN/c1-12(10-6-7-10)9-4-2-8(11)3-5-9/h2-5,10H,6-7H2,1H3. The molecule has 1 fully saturated rings. The molecule has 1 saturated carbocycles. The Morgan fingerprint density at radius 3 is 2.33 bits per heavy atom. The van der Waals surface area contributed by atoms with Gasteiger partial charge in [0, 0.05) is 22.3 Å². The second kappa shape index (κ2) is 3.24. The van der Waals surface area contributed by atoms with Gasteiger partial charge in [0.15, 0.2) is 0 Å². The molecule has 0 N–H and O–H groups in total. The van der Waals surface area contributed by atoms with Gasteiger partial charge < -0.3 is 4.90 Å². The average molecular weight is 273 g/mol. The topological polar surface area (TPSA) is 3.24 Å². The van der Waals surface area contributed by atoms with Crippen LogP contribution in [-0.2, 0) is 0 Å². The summed E-state index contributed by atoms with van der Waals surface area (Å²) in [5.41, 5.74) is 1.35. The van der Waals surface area contributed by atoms with Gasteiger partial charge in [0.25, 0.3) is 0 Å². The monoisotopic (exact) mass is 273 g/mol. The molecule has 1 aliphatic rings. The molecular weight excluding hydrogens is 261 g/mol. The molecule has 0 aliphatic heterocycles. The van der Waals surface area contributed by atoms with Gasteiger partial charge in [-0.05, 0) is 59.7 Å². The van der Waals surface area contributed by atoms with Gasteiger partial charge in [0.2, 0.25) is 0 Å². The molecule has 12 heavy (non-hydrogen) atoms. The van der Waals surface area contributed by atoms with Crippen molar-refractivity contribution in [2.24, 2.45) is 0 Å². The van der Waals surface area contributed by atoms with Crippen molar-refractivity contribution in [2.75, 3.05) is 11.9 Å². The molecule has 64 valence electrons. The SMILES string of the molecule is CN(c1ccc(I)cc1)C1CC1. The Morgan fingerprint density at radius 1 is 1.25 bits per heavy atom. The van der Waals surface area contributed by atoms with Gasteiger partial charge in [-0.3, -0.25) is 0 Å². The molecule has 2 heteroatoms. The van der Waals surface area contributed by atoms with E-state index in [0.717, 1.165) is 6.04 Å². The van der Waals surface area contributed by atoms with E-state index in [9.17, 15) is 0 Å². The van der Waals surface area contributed by atoms with Crippen molar-refractivity contribution < 1.29 is 0 Å². The van der Waals surface area contributed by atoms with E-state index < -0.39 is 0 Å². The summed E-state index contributed by atoms with van der Waals surface area (Å²) in [5.74, 6) is 0. The lowest BCUT2D eigenvalue weighted by atomic mass is 10.3. The van der Waals surface area contributed by atoms with Gasteiger partial charge in [-0.25, -0.2) is 0 Å². The molecule has 0 atom stereocenters. The molecule has 0 radical (unpaired) electrons. The number of benzene rings is 1. The number of halogens is 1. The highest BCUT2D eigenvalue weighted by molar-refractivity contribution is 14.1. The molecule has 0 bridgehead atoms. The Kier molecular flexibility index (Phi) is 2.26. The normalized spacial score (nSPS) is 16.2. The summed E-state index contributed by atoms with van der Waals surface area (Å²) in [4.78, 5) is 2.37. The van der Waals surface area contributed by atoms with Gasteiger partial charge in [-0.1, -0.05) is 0 Å². The van der Waals surface area contributed by atoms with Crippen molar-refractivity contribution in [3.8, 4) is 0 Å². The molecule has 0 spiro atoms. The largest absolute Gasteiger partial charge is 0.372 e. The number of anilines is 1. The van der Waals surface area contributed by atoms with Crippen LogP contribution >= 0.6 is 22.6 Å². The van der Waals surface area contributed by atoms with E-state index in [4.69, 9.17) is 0 Å². The molecule has 0 aromatic heterocycles. The maximum Gasteiger partial charge on any atom is 0.0366 e. The van der Waals surface area contributed by atoms with E-state index in [1.165, 1.54) is 22.1 Å². The minimum Gasteiger partial charge on any atom is -0.372 e. The summed E-state index contributed by atoms with van der Waals surface area (Å²) >= 11 is 2.33. The Hall–Kier alpha value is -0.250. The lowest BCUT2D eigenvalue weighted by Gasteiger charge is -2.18. The number of rotatable bonds is 2. The fourth-order valence-electron chi connectivity index (χ4n) is 1.35. The van der Waals surface area contributed by atoms with Gasteiger partial charge in [0.1, 0.15) is 0 Å². The molecule has 1 aromatic rings. The van der Waals surface area contributed by atoms with Crippen molar-refractivity contribution in [3.63, 3.8) is 0 Å². The van der Waals surface area contributed by atoms with Crippen LogP contribution in [0.1, 0.15) is 12.8 Å². The van der Waals surface area contributed by atoms with Gasteiger partial charge in [0.05, 0.1) is 0 Å². The first-order chi connectivity index (χ1) is 5.77. The third-order valence-corrected chi connectivity index (χ3v) is 3.05. The van der Waals surface area contributed by atoms with E-state index >= 15 is 0 Å². The summed E-state index contributed by atoms with van der Waals surface area (Å²) in [6, 6.07) is 9.52. The maximum atomic E-state index is 2.37. The van der Waals surface area contributed by atoms with Crippen LogP contribution in [0.25, 0.3) is 0 Å². The molecular formula is C10H12IN. The van der Waals surface area contributed by atoms with Crippen LogP contribution in [0.2, 0.25) is 0 Å². The molecule has 1 aliphatic carbocycles. The lowest BCUT2D eigenvalue weighted by molar-refractivity contribution is 0.917. The predicted molar refractivity (Wildman–Crippen MR) is 60.6 cm³/mol. The van der Waals surface area contributed by atoms with E-state index in [1.807, 2.05) is 0 Å². The molecule has 0 heterocycles. The smallest absolute Gasteiger partial charge is 0.0366 e. The summed E-state index contributed by atoms with van der Waals surface area (Å²) in [6.45, 7) is 0.